The Kier molecular flexibility index (Phi) is 7.53. The number of benzene rings is 1. The van der Waals surface area contributed by atoms with Gasteiger partial charge in [-0.1, -0.05) is 36.8 Å². The number of carbonyl (C=O) groups excluding carboxylic acids is 2. The quantitative estimate of drug-likeness (QED) is 0.467. The van der Waals surface area contributed by atoms with Crippen molar-refractivity contribution in [2.45, 2.75) is 29.9 Å². The first-order valence-corrected chi connectivity index (χ1v) is 13.6. The molecule has 1 N–H and O–H groups in total. The number of esters is 1. The fraction of sp³-hybridized carbons (Fsp3) is 0.318. The van der Waals surface area contributed by atoms with Gasteiger partial charge >= 0.3 is 5.97 Å². The summed E-state index contributed by atoms with van der Waals surface area (Å²) in [5.41, 5.74) is 1.69. The Hall–Kier alpha value is -2.60. The molecule has 3 aromatic rings. The fourth-order valence-electron chi connectivity index (χ4n) is 3.39. The number of hydrogen-bond acceptors (Lipinski definition) is 8. The molecule has 0 atom stereocenters. The summed E-state index contributed by atoms with van der Waals surface area (Å²) in [6, 6.07) is 12.7. The van der Waals surface area contributed by atoms with E-state index in [0.29, 0.717) is 23.1 Å². The number of nitrogens with zero attached hydrogens (tertiary/aromatic N) is 2. The maximum atomic E-state index is 12.7. The number of thiophene rings is 1. The second-order valence-corrected chi connectivity index (χ2v) is 11.7. The highest BCUT2D eigenvalue weighted by atomic mass is 32.2. The molecule has 1 fully saturated rings. The maximum Gasteiger partial charge on any atom is 0.311 e. The Morgan fingerprint density at radius 3 is 2.58 bits per heavy atom. The van der Waals surface area contributed by atoms with Crippen LogP contribution in [0.1, 0.15) is 24.1 Å². The summed E-state index contributed by atoms with van der Waals surface area (Å²) in [4.78, 5) is 29.2. The number of thiazole rings is 1. The Balaban J connectivity index is 1.26. The Morgan fingerprint density at radius 1 is 1.06 bits per heavy atom. The number of piperidine rings is 1. The summed E-state index contributed by atoms with van der Waals surface area (Å²) in [5, 5.41) is 4.87. The van der Waals surface area contributed by atoms with Crippen molar-refractivity contribution >= 4 is 49.7 Å². The summed E-state index contributed by atoms with van der Waals surface area (Å²) in [6.45, 7) is 0.612. The van der Waals surface area contributed by atoms with Crippen molar-refractivity contribution in [1.82, 2.24) is 9.29 Å². The third-order valence-corrected chi connectivity index (χ3v) is 9.26. The highest BCUT2D eigenvalue weighted by Crippen LogP contribution is 2.28. The molecule has 0 unspecified atom stereocenters. The first kappa shape index (κ1) is 23.6. The smallest absolute Gasteiger partial charge is 0.311 e. The molecule has 1 saturated heterocycles. The zero-order chi connectivity index (χ0) is 23.3. The van der Waals surface area contributed by atoms with Gasteiger partial charge in [-0.15, -0.1) is 22.7 Å². The number of rotatable bonds is 8. The number of aromatic nitrogens is 1. The van der Waals surface area contributed by atoms with Gasteiger partial charge in [0.1, 0.15) is 4.21 Å². The van der Waals surface area contributed by atoms with Crippen LogP contribution in [0.25, 0.3) is 11.3 Å². The van der Waals surface area contributed by atoms with Crippen LogP contribution in [0.2, 0.25) is 0 Å². The molecule has 0 aliphatic carbocycles. The second-order valence-electron chi connectivity index (χ2n) is 7.48. The minimum atomic E-state index is -3.53. The van der Waals surface area contributed by atoms with Crippen molar-refractivity contribution in [3.63, 3.8) is 0 Å². The molecule has 1 amide bonds. The van der Waals surface area contributed by atoms with Gasteiger partial charge in [0, 0.05) is 28.9 Å². The van der Waals surface area contributed by atoms with E-state index in [1.807, 2.05) is 35.7 Å². The molecule has 1 aromatic carbocycles. The van der Waals surface area contributed by atoms with Gasteiger partial charge in [-0.05, 0) is 25.0 Å². The summed E-state index contributed by atoms with van der Waals surface area (Å²) in [7, 11) is -3.53. The van der Waals surface area contributed by atoms with E-state index in [1.165, 1.54) is 21.7 Å². The van der Waals surface area contributed by atoms with Crippen molar-refractivity contribution in [3.05, 3.63) is 52.7 Å². The van der Waals surface area contributed by atoms with Crippen LogP contribution in [0.5, 0.6) is 0 Å². The van der Waals surface area contributed by atoms with E-state index in [0.717, 1.165) is 41.9 Å². The molecule has 8 nitrogen and oxygen atoms in total. The predicted octanol–water partition coefficient (Wildman–Crippen LogP) is 3.77. The maximum absolute atomic E-state index is 12.7. The topological polar surface area (TPSA) is 106 Å². The second kappa shape index (κ2) is 10.6. The van der Waals surface area contributed by atoms with Gasteiger partial charge in [-0.3, -0.25) is 14.9 Å². The predicted molar refractivity (Wildman–Crippen MR) is 128 cm³/mol. The summed E-state index contributed by atoms with van der Waals surface area (Å²) >= 11 is 2.34. The SMILES string of the molecule is O=C(COC(=O)Cc1ccc(S(=O)(=O)N2CCCCC2)s1)Nc1nc(-c2ccccc2)cs1. The van der Waals surface area contributed by atoms with Crippen molar-refractivity contribution in [2.75, 3.05) is 25.0 Å². The van der Waals surface area contributed by atoms with E-state index in [-0.39, 0.29) is 10.6 Å². The normalized spacial score (nSPS) is 14.7. The molecule has 2 aromatic heterocycles. The molecular formula is C22H23N3O5S3. The number of carbonyl (C=O) groups is 2. The molecule has 0 bridgehead atoms. The molecule has 174 valence electrons. The average Bonchev–Trinajstić information content (AvgIpc) is 3.49. The Morgan fingerprint density at radius 2 is 1.82 bits per heavy atom. The molecular weight excluding hydrogens is 482 g/mol. The van der Waals surface area contributed by atoms with Gasteiger partial charge in [0.05, 0.1) is 12.1 Å². The van der Waals surface area contributed by atoms with Gasteiger partial charge in [0.25, 0.3) is 15.9 Å². The molecule has 0 saturated carbocycles. The van der Waals surface area contributed by atoms with Gasteiger partial charge in [0.2, 0.25) is 0 Å². The minimum absolute atomic E-state index is 0.0944. The lowest BCUT2D eigenvalue weighted by molar-refractivity contribution is -0.146. The van der Waals surface area contributed by atoms with Crippen LogP contribution >= 0.6 is 22.7 Å². The van der Waals surface area contributed by atoms with Crippen molar-refractivity contribution in [3.8, 4) is 11.3 Å². The highest BCUT2D eigenvalue weighted by Gasteiger charge is 2.27. The lowest BCUT2D eigenvalue weighted by Gasteiger charge is -2.25. The first-order valence-electron chi connectivity index (χ1n) is 10.5. The van der Waals surface area contributed by atoms with E-state index >= 15 is 0 Å². The number of nitrogens with one attached hydrogen (secondary N) is 1. The van der Waals surface area contributed by atoms with Gasteiger partial charge < -0.3 is 4.74 Å². The summed E-state index contributed by atoms with van der Waals surface area (Å²) in [6.07, 6.45) is 2.67. The lowest BCUT2D eigenvalue weighted by atomic mass is 10.2. The van der Waals surface area contributed by atoms with Crippen LogP contribution in [0.15, 0.2) is 52.1 Å². The van der Waals surface area contributed by atoms with E-state index in [4.69, 9.17) is 4.74 Å². The summed E-state index contributed by atoms with van der Waals surface area (Å²) < 4.78 is 32.2. The highest BCUT2D eigenvalue weighted by molar-refractivity contribution is 7.91. The van der Waals surface area contributed by atoms with Crippen molar-refractivity contribution in [2.24, 2.45) is 0 Å². The van der Waals surface area contributed by atoms with Gasteiger partial charge in [0.15, 0.2) is 11.7 Å². The zero-order valence-corrected chi connectivity index (χ0v) is 20.2. The van der Waals surface area contributed by atoms with Crippen LogP contribution in [-0.2, 0) is 30.8 Å². The molecule has 33 heavy (non-hydrogen) atoms. The molecule has 0 spiro atoms. The van der Waals surface area contributed by atoms with E-state index < -0.39 is 28.5 Å². The summed E-state index contributed by atoms with van der Waals surface area (Å²) in [5.74, 6) is -1.09. The number of ether oxygens (including phenoxy) is 1. The zero-order valence-electron chi connectivity index (χ0n) is 17.7. The Labute approximate surface area is 200 Å². The van der Waals surface area contributed by atoms with Crippen LogP contribution in [-0.4, -0.2) is 49.3 Å². The number of anilines is 1. The molecule has 11 heteroatoms. The third kappa shape index (κ3) is 6.05. The lowest BCUT2D eigenvalue weighted by Crippen LogP contribution is -2.35. The van der Waals surface area contributed by atoms with Crippen molar-refractivity contribution < 1.29 is 22.7 Å². The van der Waals surface area contributed by atoms with E-state index in [2.05, 4.69) is 10.3 Å². The molecule has 0 radical (unpaired) electrons. The minimum Gasteiger partial charge on any atom is -0.455 e. The molecule has 3 heterocycles. The van der Waals surface area contributed by atoms with Crippen LogP contribution in [0, 0.1) is 0 Å². The van der Waals surface area contributed by atoms with Crippen LogP contribution in [0.4, 0.5) is 5.13 Å². The largest absolute Gasteiger partial charge is 0.455 e. The molecule has 1 aliphatic rings. The van der Waals surface area contributed by atoms with Crippen LogP contribution < -0.4 is 5.32 Å². The third-order valence-electron chi connectivity index (χ3n) is 5.05. The molecule has 4 rings (SSSR count). The Bertz CT molecular complexity index is 1210. The van der Waals surface area contributed by atoms with E-state index in [1.54, 1.807) is 6.07 Å². The van der Waals surface area contributed by atoms with Gasteiger partial charge in [-0.25, -0.2) is 13.4 Å². The number of amides is 1. The number of sulfonamides is 1. The van der Waals surface area contributed by atoms with E-state index in [9.17, 15) is 18.0 Å². The van der Waals surface area contributed by atoms with Gasteiger partial charge in [-0.2, -0.15) is 4.31 Å². The standard InChI is InChI=1S/C22H23N3O5S3/c26-19(24-22-23-18(15-31-22)16-7-3-1-4-8-16)14-30-20(27)13-17-9-10-21(32-17)33(28,29)25-11-5-2-6-12-25/h1,3-4,7-10,15H,2,5-6,11-14H2,(H,23,24,26). The average molecular weight is 506 g/mol. The molecule has 1 aliphatic heterocycles. The fourth-order valence-corrected chi connectivity index (χ4v) is 7.14. The monoisotopic (exact) mass is 505 g/mol. The van der Waals surface area contributed by atoms with Crippen molar-refractivity contribution in [1.29, 1.82) is 0 Å². The van der Waals surface area contributed by atoms with Crippen LogP contribution in [0.3, 0.4) is 0 Å². The number of hydrogen-bond donors (Lipinski definition) is 1. The first-order chi connectivity index (χ1) is 15.9.